The van der Waals surface area contributed by atoms with Gasteiger partial charge in [-0.25, -0.2) is 14.5 Å². The molecule has 27 heavy (non-hydrogen) atoms. The van der Waals surface area contributed by atoms with Gasteiger partial charge in [0.1, 0.15) is 5.60 Å². The van der Waals surface area contributed by atoms with Gasteiger partial charge < -0.3 is 5.11 Å². The molecule has 1 aliphatic rings. The third-order valence-corrected chi connectivity index (χ3v) is 4.80. The quantitative estimate of drug-likeness (QED) is 0.566. The summed E-state index contributed by atoms with van der Waals surface area (Å²) in [5, 5.41) is 14.6. The number of aromatic nitrogens is 3. The van der Waals surface area contributed by atoms with Gasteiger partial charge in [0, 0.05) is 23.4 Å². The maximum absolute atomic E-state index is 10.2. The van der Waals surface area contributed by atoms with E-state index in [9.17, 15) is 5.11 Å². The van der Waals surface area contributed by atoms with Gasteiger partial charge in [-0.05, 0) is 18.9 Å². The predicted molar refractivity (Wildman–Crippen MR) is 104 cm³/mol. The van der Waals surface area contributed by atoms with Gasteiger partial charge in [-0.2, -0.15) is 0 Å². The summed E-state index contributed by atoms with van der Waals surface area (Å²) < 4.78 is 1.69. The zero-order valence-electron chi connectivity index (χ0n) is 14.7. The molecule has 1 fully saturated rings. The standard InChI is InChI=1S/C22H18N4O/c27-22(12-13-22)21-24-19-15-18(11-14-26(19)25-21)23-20(16-7-3-1-4-8-16)17-9-5-2-6-10-17/h1-11,14-15,27H,12-13H2. The fourth-order valence-corrected chi connectivity index (χ4v) is 3.10. The van der Waals surface area contributed by atoms with Crippen molar-refractivity contribution in [3.05, 3.63) is 95.9 Å². The van der Waals surface area contributed by atoms with E-state index >= 15 is 0 Å². The molecule has 4 aromatic rings. The summed E-state index contributed by atoms with van der Waals surface area (Å²) in [6.07, 6.45) is 3.28. The van der Waals surface area contributed by atoms with Crippen LogP contribution in [0.2, 0.25) is 0 Å². The summed E-state index contributed by atoms with van der Waals surface area (Å²) in [7, 11) is 0. The van der Waals surface area contributed by atoms with Crippen LogP contribution in [-0.4, -0.2) is 25.4 Å². The molecule has 5 rings (SSSR count). The highest BCUT2D eigenvalue weighted by Gasteiger charge is 2.46. The third kappa shape index (κ3) is 3.02. The molecule has 0 saturated heterocycles. The molecule has 1 saturated carbocycles. The minimum Gasteiger partial charge on any atom is -0.382 e. The second kappa shape index (κ2) is 6.14. The van der Waals surface area contributed by atoms with Crippen molar-refractivity contribution in [2.75, 3.05) is 0 Å². The molecule has 1 N–H and O–H groups in total. The Morgan fingerprint density at radius 1 is 0.926 bits per heavy atom. The summed E-state index contributed by atoms with van der Waals surface area (Å²) >= 11 is 0. The molecule has 2 aromatic heterocycles. The van der Waals surface area contributed by atoms with Gasteiger partial charge in [-0.3, -0.25) is 0 Å². The van der Waals surface area contributed by atoms with Crippen molar-refractivity contribution in [3.8, 4) is 0 Å². The molecule has 5 heteroatoms. The maximum atomic E-state index is 10.2. The number of fused-ring (bicyclic) bond motifs is 1. The molecule has 2 heterocycles. The Bertz CT molecular complexity index is 1090. The molecule has 0 spiro atoms. The van der Waals surface area contributed by atoms with Crippen LogP contribution >= 0.6 is 0 Å². The number of pyridine rings is 1. The van der Waals surface area contributed by atoms with Crippen LogP contribution in [0.15, 0.2) is 84.0 Å². The Labute approximate surface area is 156 Å². The molecule has 0 atom stereocenters. The van der Waals surface area contributed by atoms with Crippen molar-refractivity contribution in [1.29, 1.82) is 0 Å². The van der Waals surface area contributed by atoms with E-state index in [2.05, 4.69) is 34.3 Å². The minimum atomic E-state index is -0.839. The van der Waals surface area contributed by atoms with Gasteiger partial charge in [0.15, 0.2) is 11.5 Å². The topological polar surface area (TPSA) is 62.8 Å². The summed E-state index contributed by atoms with van der Waals surface area (Å²) in [6, 6.07) is 24.1. The lowest BCUT2D eigenvalue weighted by atomic mass is 10.0. The normalized spacial score (nSPS) is 14.9. The summed E-state index contributed by atoms with van der Waals surface area (Å²) in [5.41, 5.74) is 3.66. The zero-order valence-corrected chi connectivity index (χ0v) is 14.7. The molecule has 2 aromatic carbocycles. The molecule has 0 unspecified atom stereocenters. The van der Waals surface area contributed by atoms with Crippen LogP contribution in [0.4, 0.5) is 5.69 Å². The fraction of sp³-hybridized carbons (Fsp3) is 0.136. The molecule has 1 aliphatic carbocycles. The molecule has 5 nitrogen and oxygen atoms in total. The smallest absolute Gasteiger partial charge is 0.183 e. The van der Waals surface area contributed by atoms with Crippen LogP contribution < -0.4 is 0 Å². The first-order valence-electron chi connectivity index (χ1n) is 9.00. The van der Waals surface area contributed by atoms with Gasteiger partial charge in [0.2, 0.25) is 0 Å². The summed E-state index contributed by atoms with van der Waals surface area (Å²) in [5.74, 6) is 0.495. The predicted octanol–water partition coefficient (Wildman–Crippen LogP) is 3.88. The fourth-order valence-electron chi connectivity index (χ4n) is 3.10. The highest BCUT2D eigenvalue weighted by Crippen LogP contribution is 2.43. The Hall–Kier alpha value is -3.31. The van der Waals surface area contributed by atoms with E-state index < -0.39 is 5.60 Å². The molecule has 0 amide bonds. The number of aliphatic imine (C=N–C) groups is 1. The zero-order chi connectivity index (χ0) is 18.3. The van der Waals surface area contributed by atoms with Crippen LogP contribution in [0.5, 0.6) is 0 Å². The van der Waals surface area contributed by atoms with Gasteiger partial charge in [-0.1, -0.05) is 60.7 Å². The van der Waals surface area contributed by atoms with Crippen molar-refractivity contribution in [3.63, 3.8) is 0 Å². The largest absolute Gasteiger partial charge is 0.382 e. The van der Waals surface area contributed by atoms with Crippen molar-refractivity contribution in [2.45, 2.75) is 18.4 Å². The van der Waals surface area contributed by atoms with E-state index in [0.29, 0.717) is 11.5 Å². The maximum Gasteiger partial charge on any atom is 0.183 e. The number of benzene rings is 2. The molecule has 0 aliphatic heterocycles. The van der Waals surface area contributed by atoms with Crippen LogP contribution in [0.1, 0.15) is 29.8 Å². The highest BCUT2D eigenvalue weighted by molar-refractivity contribution is 6.13. The van der Waals surface area contributed by atoms with Gasteiger partial charge in [-0.15, -0.1) is 5.10 Å². The number of aliphatic hydroxyl groups is 1. The average molecular weight is 354 g/mol. The first-order chi connectivity index (χ1) is 13.2. The van der Waals surface area contributed by atoms with Crippen molar-refractivity contribution in [2.24, 2.45) is 4.99 Å². The lowest BCUT2D eigenvalue weighted by Crippen LogP contribution is -2.06. The van der Waals surface area contributed by atoms with Crippen molar-refractivity contribution >= 4 is 17.0 Å². The van der Waals surface area contributed by atoms with E-state index in [-0.39, 0.29) is 0 Å². The minimum absolute atomic E-state index is 0.495. The molecule has 132 valence electrons. The second-order valence-electron chi connectivity index (χ2n) is 6.85. The number of hydrogen-bond acceptors (Lipinski definition) is 4. The molecule has 0 radical (unpaired) electrons. The van der Waals surface area contributed by atoms with Crippen LogP contribution in [0, 0.1) is 0 Å². The second-order valence-corrected chi connectivity index (χ2v) is 6.85. The van der Waals surface area contributed by atoms with Crippen molar-refractivity contribution < 1.29 is 5.11 Å². The Morgan fingerprint density at radius 3 is 2.15 bits per heavy atom. The Balaban J connectivity index is 1.61. The van der Waals surface area contributed by atoms with Crippen molar-refractivity contribution in [1.82, 2.24) is 14.6 Å². The first-order valence-corrected chi connectivity index (χ1v) is 9.00. The molecular weight excluding hydrogens is 336 g/mol. The SMILES string of the molecule is OC1(c2nc3cc(N=C(c4ccccc4)c4ccccc4)ccn3n2)CC1. The first kappa shape index (κ1) is 15.9. The Morgan fingerprint density at radius 2 is 1.56 bits per heavy atom. The van der Waals surface area contributed by atoms with E-state index in [1.165, 1.54) is 0 Å². The summed E-state index contributed by atoms with van der Waals surface area (Å²) in [6.45, 7) is 0. The number of nitrogens with zero attached hydrogens (tertiary/aromatic N) is 4. The molecule has 0 bridgehead atoms. The van der Waals surface area contributed by atoms with Gasteiger partial charge >= 0.3 is 0 Å². The lowest BCUT2D eigenvalue weighted by Gasteiger charge is -2.07. The number of hydrogen-bond donors (Lipinski definition) is 1. The third-order valence-electron chi connectivity index (χ3n) is 4.80. The van der Waals surface area contributed by atoms with E-state index in [0.717, 1.165) is 35.4 Å². The highest BCUT2D eigenvalue weighted by atomic mass is 16.3. The monoisotopic (exact) mass is 354 g/mol. The average Bonchev–Trinajstić information content (AvgIpc) is 3.32. The van der Waals surface area contributed by atoms with E-state index in [4.69, 9.17) is 4.99 Å². The Kier molecular flexibility index (Phi) is 3.62. The van der Waals surface area contributed by atoms with Crippen LogP contribution in [0.25, 0.3) is 5.65 Å². The summed E-state index contributed by atoms with van der Waals surface area (Å²) in [4.78, 5) is 9.40. The van der Waals surface area contributed by atoms with Gasteiger partial charge in [0.25, 0.3) is 0 Å². The van der Waals surface area contributed by atoms with Crippen LogP contribution in [0.3, 0.4) is 0 Å². The van der Waals surface area contributed by atoms with E-state index in [1.54, 1.807) is 4.52 Å². The lowest BCUT2D eigenvalue weighted by molar-refractivity contribution is 0.141. The molecular formula is C22H18N4O. The van der Waals surface area contributed by atoms with Crippen LogP contribution in [-0.2, 0) is 5.60 Å². The van der Waals surface area contributed by atoms with Gasteiger partial charge in [0.05, 0.1) is 11.4 Å². The number of rotatable bonds is 4. The van der Waals surface area contributed by atoms with E-state index in [1.807, 2.05) is 54.7 Å².